The van der Waals surface area contributed by atoms with Crippen LogP contribution in [0.15, 0.2) is 24.3 Å². The largest absolute Gasteiger partial charge is 0.435 e. The van der Waals surface area contributed by atoms with E-state index in [9.17, 15) is 4.39 Å². The number of ether oxygens (including phenoxy) is 1. The van der Waals surface area contributed by atoms with E-state index in [2.05, 4.69) is 15.4 Å². The topological polar surface area (TPSA) is 73.1 Å². The molecule has 1 aromatic heterocycles. The van der Waals surface area contributed by atoms with Crippen LogP contribution < -0.4 is 16.0 Å². The van der Waals surface area contributed by atoms with Crippen molar-refractivity contribution >= 4 is 5.82 Å². The molecule has 0 amide bonds. The standard InChI is InChI=1S/C12H13FN4O/c1-7-11(17-14)15-8(2)16-12(7)18-10-6-4-3-5-9(10)13/h3-6H,14H2,1-2H3,(H,15,16,17). The van der Waals surface area contributed by atoms with Gasteiger partial charge in [-0.05, 0) is 26.0 Å². The molecule has 18 heavy (non-hydrogen) atoms. The number of nitrogen functional groups attached to an aromatic ring is 1. The van der Waals surface area contributed by atoms with Gasteiger partial charge < -0.3 is 10.2 Å². The molecule has 5 nitrogen and oxygen atoms in total. The van der Waals surface area contributed by atoms with Crippen molar-refractivity contribution in [2.45, 2.75) is 13.8 Å². The number of rotatable bonds is 3. The number of nitrogens with one attached hydrogen (secondary N) is 1. The van der Waals surface area contributed by atoms with Crippen molar-refractivity contribution in [3.8, 4) is 11.6 Å². The number of anilines is 1. The van der Waals surface area contributed by atoms with Gasteiger partial charge in [0.1, 0.15) is 11.6 Å². The molecule has 0 atom stereocenters. The maximum Gasteiger partial charge on any atom is 0.227 e. The van der Waals surface area contributed by atoms with Crippen LogP contribution in [-0.4, -0.2) is 9.97 Å². The molecule has 0 aliphatic carbocycles. The number of aromatic nitrogens is 2. The quantitative estimate of drug-likeness (QED) is 0.644. The van der Waals surface area contributed by atoms with Gasteiger partial charge >= 0.3 is 0 Å². The first-order chi connectivity index (χ1) is 8.61. The number of hydrazine groups is 1. The molecule has 1 aromatic carbocycles. The first kappa shape index (κ1) is 12.3. The number of aryl methyl sites for hydroxylation is 1. The average molecular weight is 248 g/mol. The summed E-state index contributed by atoms with van der Waals surface area (Å²) in [6.07, 6.45) is 0. The number of benzene rings is 1. The second kappa shape index (κ2) is 4.97. The zero-order valence-electron chi connectivity index (χ0n) is 10.1. The van der Waals surface area contributed by atoms with Gasteiger partial charge in [-0.25, -0.2) is 15.2 Å². The van der Waals surface area contributed by atoms with Gasteiger partial charge in [-0.15, -0.1) is 0 Å². The molecule has 1 heterocycles. The lowest BCUT2D eigenvalue weighted by molar-refractivity contribution is 0.422. The minimum atomic E-state index is -0.449. The fourth-order valence-corrected chi connectivity index (χ4v) is 1.47. The molecule has 0 aliphatic heterocycles. The fourth-order valence-electron chi connectivity index (χ4n) is 1.47. The Kier molecular flexibility index (Phi) is 3.38. The number of halogens is 1. The lowest BCUT2D eigenvalue weighted by Gasteiger charge is -2.11. The zero-order valence-corrected chi connectivity index (χ0v) is 10.1. The van der Waals surface area contributed by atoms with Crippen molar-refractivity contribution in [2.24, 2.45) is 5.84 Å². The van der Waals surface area contributed by atoms with Gasteiger partial charge in [-0.1, -0.05) is 12.1 Å². The van der Waals surface area contributed by atoms with E-state index in [0.29, 0.717) is 17.2 Å². The molecular formula is C12H13FN4O. The van der Waals surface area contributed by atoms with Crippen molar-refractivity contribution in [3.63, 3.8) is 0 Å². The molecule has 94 valence electrons. The Bertz CT molecular complexity index is 574. The molecule has 0 bridgehead atoms. The summed E-state index contributed by atoms with van der Waals surface area (Å²) < 4.78 is 18.9. The number of hydrogen-bond donors (Lipinski definition) is 2. The van der Waals surface area contributed by atoms with Crippen LogP contribution >= 0.6 is 0 Å². The van der Waals surface area contributed by atoms with Gasteiger partial charge in [0, 0.05) is 0 Å². The highest BCUT2D eigenvalue weighted by molar-refractivity contribution is 5.48. The Balaban J connectivity index is 2.40. The van der Waals surface area contributed by atoms with E-state index in [4.69, 9.17) is 10.6 Å². The summed E-state index contributed by atoms with van der Waals surface area (Å²) in [5.41, 5.74) is 3.07. The fraction of sp³-hybridized carbons (Fsp3) is 0.167. The second-order valence-corrected chi connectivity index (χ2v) is 3.73. The summed E-state index contributed by atoms with van der Waals surface area (Å²) in [6.45, 7) is 3.44. The smallest absolute Gasteiger partial charge is 0.227 e. The summed E-state index contributed by atoms with van der Waals surface area (Å²) in [5, 5.41) is 0. The lowest BCUT2D eigenvalue weighted by Crippen LogP contribution is -2.12. The highest BCUT2D eigenvalue weighted by atomic mass is 19.1. The molecule has 2 rings (SSSR count). The molecule has 0 saturated heterocycles. The monoisotopic (exact) mass is 248 g/mol. The van der Waals surface area contributed by atoms with Crippen molar-refractivity contribution < 1.29 is 9.13 Å². The van der Waals surface area contributed by atoms with Crippen molar-refractivity contribution in [1.82, 2.24) is 9.97 Å². The summed E-state index contributed by atoms with van der Waals surface area (Å²) in [6, 6.07) is 6.12. The first-order valence-corrected chi connectivity index (χ1v) is 5.36. The molecule has 0 saturated carbocycles. The van der Waals surface area contributed by atoms with E-state index in [0.717, 1.165) is 0 Å². The van der Waals surface area contributed by atoms with Crippen LogP contribution in [0.25, 0.3) is 0 Å². The molecule has 2 aromatic rings. The zero-order chi connectivity index (χ0) is 13.1. The van der Waals surface area contributed by atoms with Crippen LogP contribution in [0.4, 0.5) is 10.2 Å². The minimum Gasteiger partial charge on any atom is -0.435 e. The predicted octanol–water partition coefficient (Wildman–Crippen LogP) is 2.31. The van der Waals surface area contributed by atoms with Crippen LogP contribution in [-0.2, 0) is 0 Å². The Hall–Kier alpha value is -2.21. The third kappa shape index (κ3) is 2.38. The molecule has 0 unspecified atom stereocenters. The molecule has 0 radical (unpaired) electrons. The molecular weight excluding hydrogens is 235 g/mol. The van der Waals surface area contributed by atoms with E-state index in [1.165, 1.54) is 12.1 Å². The van der Waals surface area contributed by atoms with Gasteiger partial charge in [-0.3, -0.25) is 0 Å². The van der Waals surface area contributed by atoms with E-state index in [1.54, 1.807) is 26.0 Å². The Morgan fingerprint density at radius 2 is 1.94 bits per heavy atom. The number of nitrogens with zero attached hydrogens (tertiary/aromatic N) is 2. The molecule has 0 aliphatic rings. The molecule has 0 spiro atoms. The predicted molar refractivity (Wildman–Crippen MR) is 65.8 cm³/mol. The minimum absolute atomic E-state index is 0.113. The average Bonchev–Trinajstić information content (AvgIpc) is 2.36. The maximum atomic E-state index is 13.5. The number of hydrogen-bond acceptors (Lipinski definition) is 5. The summed E-state index contributed by atoms with van der Waals surface area (Å²) in [4.78, 5) is 8.22. The Labute approximate surface area is 104 Å². The summed E-state index contributed by atoms with van der Waals surface area (Å²) >= 11 is 0. The van der Waals surface area contributed by atoms with Crippen LogP contribution in [0, 0.1) is 19.7 Å². The van der Waals surface area contributed by atoms with Crippen LogP contribution in [0.5, 0.6) is 11.6 Å². The van der Waals surface area contributed by atoms with Gasteiger partial charge in [0.15, 0.2) is 11.6 Å². The van der Waals surface area contributed by atoms with Crippen molar-refractivity contribution in [2.75, 3.05) is 5.43 Å². The Morgan fingerprint density at radius 3 is 2.61 bits per heavy atom. The van der Waals surface area contributed by atoms with E-state index in [-0.39, 0.29) is 11.6 Å². The third-order valence-corrected chi connectivity index (χ3v) is 2.39. The SMILES string of the molecule is Cc1nc(NN)c(C)c(Oc2ccccc2F)n1. The molecule has 0 fully saturated rings. The van der Waals surface area contributed by atoms with E-state index in [1.807, 2.05) is 0 Å². The lowest BCUT2D eigenvalue weighted by atomic mass is 10.3. The van der Waals surface area contributed by atoms with Gasteiger partial charge in [0.25, 0.3) is 0 Å². The van der Waals surface area contributed by atoms with Gasteiger partial charge in [0.2, 0.25) is 5.88 Å². The van der Waals surface area contributed by atoms with Crippen molar-refractivity contribution in [3.05, 3.63) is 41.5 Å². The molecule has 6 heteroatoms. The van der Waals surface area contributed by atoms with Gasteiger partial charge in [0.05, 0.1) is 5.56 Å². The number of nitrogens with two attached hydrogens (primary N) is 1. The van der Waals surface area contributed by atoms with Crippen LogP contribution in [0.3, 0.4) is 0 Å². The Morgan fingerprint density at radius 1 is 1.22 bits per heavy atom. The highest BCUT2D eigenvalue weighted by Crippen LogP contribution is 2.27. The normalized spacial score (nSPS) is 10.2. The maximum absolute atomic E-state index is 13.5. The van der Waals surface area contributed by atoms with Crippen LogP contribution in [0.1, 0.15) is 11.4 Å². The summed E-state index contributed by atoms with van der Waals surface area (Å²) in [7, 11) is 0. The highest BCUT2D eigenvalue weighted by Gasteiger charge is 2.12. The first-order valence-electron chi connectivity index (χ1n) is 5.36. The van der Waals surface area contributed by atoms with E-state index >= 15 is 0 Å². The molecule has 3 N–H and O–H groups in total. The van der Waals surface area contributed by atoms with Gasteiger partial charge in [-0.2, -0.15) is 4.98 Å². The van der Waals surface area contributed by atoms with E-state index < -0.39 is 5.82 Å². The summed E-state index contributed by atoms with van der Waals surface area (Å²) in [5.74, 6) is 6.22. The van der Waals surface area contributed by atoms with Crippen LogP contribution in [0.2, 0.25) is 0 Å². The van der Waals surface area contributed by atoms with Crippen molar-refractivity contribution in [1.29, 1.82) is 0 Å². The second-order valence-electron chi connectivity index (χ2n) is 3.73. The number of para-hydroxylation sites is 1. The third-order valence-electron chi connectivity index (χ3n) is 2.39.